The zero-order valence-corrected chi connectivity index (χ0v) is 20.4. The predicted molar refractivity (Wildman–Crippen MR) is 133 cm³/mol. The van der Waals surface area contributed by atoms with Crippen molar-refractivity contribution in [2.45, 2.75) is 60.1 Å². The lowest BCUT2D eigenvalue weighted by atomic mass is 10.0. The molecule has 0 unspecified atom stereocenters. The van der Waals surface area contributed by atoms with Crippen LogP contribution in [0.4, 0.5) is 23.4 Å². The van der Waals surface area contributed by atoms with Crippen LogP contribution in [0.3, 0.4) is 0 Å². The van der Waals surface area contributed by atoms with E-state index < -0.39 is 17.6 Å². The minimum Gasteiger partial charge on any atom is -0.340 e. The third-order valence-electron chi connectivity index (χ3n) is 5.54. The molecule has 182 valence electrons. The fourth-order valence-corrected chi connectivity index (χ4v) is 3.43. The van der Waals surface area contributed by atoms with Crippen LogP contribution < -0.4 is 5.32 Å². The van der Waals surface area contributed by atoms with Gasteiger partial charge in [-0.3, -0.25) is 0 Å². The summed E-state index contributed by atoms with van der Waals surface area (Å²) in [5.74, 6) is -0.0205. The molecule has 3 rings (SSSR count). The van der Waals surface area contributed by atoms with Crippen molar-refractivity contribution in [2.75, 3.05) is 5.32 Å². The van der Waals surface area contributed by atoms with Crippen molar-refractivity contribution in [2.24, 2.45) is 0 Å². The summed E-state index contributed by atoms with van der Waals surface area (Å²) in [6.07, 6.45) is -0.417. The standard InChI is InChI=1S/C23H20F4N2.C5H12/c1-13-9-10-17(24)12-19(13)16(4)28-22-15(3)14(2)11-21(29-22)18-7-5-6-8-20(18)23(25,26)27;1-3-5-4-2/h5-12H,4H2,1-3H3,(H,28,29);3-5H2,1-2H3. The summed E-state index contributed by atoms with van der Waals surface area (Å²) < 4.78 is 53.9. The number of pyridine rings is 1. The van der Waals surface area contributed by atoms with Crippen LogP contribution in [0.25, 0.3) is 17.0 Å². The Morgan fingerprint density at radius 1 is 0.941 bits per heavy atom. The number of nitrogens with zero attached hydrogens (tertiary/aromatic N) is 1. The Balaban J connectivity index is 0.000000739. The van der Waals surface area contributed by atoms with Crippen LogP contribution in [-0.4, -0.2) is 4.98 Å². The molecular formula is C28H32F4N2. The second-order valence-corrected chi connectivity index (χ2v) is 8.26. The van der Waals surface area contributed by atoms with Crippen LogP contribution in [-0.2, 0) is 6.18 Å². The fraction of sp³-hybridized carbons (Fsp3) is 0.321. The van der Waals surface area contributed by atoms with Gasteiger partial charge in [0.15, 0.2) is 0 Å². The number of unbranched alkanes of at least 4 members (excludes halogenated alkanes) is 2. The lowest BCUT2D eigenvalue weighted by molar-refractivity contribution is -0.137. The molecule has 0 saturated heterocycles. The van der Waals surface area contributed by atoms with Crippen molar-refractivity contribution in [1.82, 2.24) is 4.98 Å². The van der Waals surface area contributed by atoms with Gasteiger partial charge in [0.1, 0.15) is 11.6 Å². The molecule has 34 heavy (non-hydrogen) atoms. The van der Waals surface area contributed by atoms with Crippen LogP contribution in [0.15, 0.2) is 55.1 Å². The molecule has 0 atom stereocenters. The minimum absolute atomic E-state index is 0.00121. The number of hydrogen-bond acceptors (Lipinski definition) is 2. The van der Waals surface area contributed by atoms with E-state index in [2.05, 4.69) is 30.7 Å². The molecule has 0 aliphatic carbocycles. The van der Waals surface area contributed by atoms with Gasteiger partial charge in [-0.25, -0.2) is 9.37 Å². The van der Waals surface area contributed by atoms with Crippen molar-refractivity contribution < 1.29 is 17.6 Å². The molecule has 0 bridgehead atoms. The highest BCUT2D eigenvalue weighted by Crippen LogP contribution is 2.37. The topological polar surface area (TPSA) is 24.9 Å². The van der Waals surface area contributed by atoms with E-state index in [4.69, 9.17) is 0 Å². The van der Waals surface area contributed by atoms with Gasteiger partial charge >= 0.3 is 6.18 Å². The van der Waals surface area contributed by atoms with E-state index in [0.29, 0.717) is 17.1 Å². The zero-order valence-electron chi connectivity index (χ0n) is 20.4. The van der Waals surface area contributed by atoms with E-state index >= 15 is 0 Å². The number of aromatic nitrogens is 1. The molecule has 0 saturated carbocycles. The first-order chi connectivity index (χ1) is 16.0. The normalized spacial score (nSPS) is 11.0. The van der Waals surface area contributed by atoms with Crippen LogP contribution in [0.1, 0.15) is 60.9 Å². The smallest absolute Gasteiger partial charge is 0.340 e. The minimum atomic E-state index is -4.49. The molecule has 0 amide bonds. The number of nitrogens with one attached hydrogen (secondary N) is 1. The Hall–Kier alpha value is -3.15. The molecule has 6 heteroatoms. The second kappa shape index (κ2) is 11.8. The molecule has 1 aromatic heterocycles. The maximum atomic E-state index is 13.6. The van der Waals surface area contributed by atoms with E-state index in [1.807, 2.05) is 13.8 Å². The lowest BCUT2D eigenvalue weighted by Gasteiger charge is -2.18. The van der Waals surface area contributed by atoms with Crippen LogP contribution >= 0.6 is 0 Å². The molecule has 1 N–H and O–H groups in total. The van der Waals surface area contributed by atoms with Gasteiger partial charge < -0.3 is 5.32 Å². The summed E-state index contributed by atoms with van der Waals surface area (Å²) in [6.45, 7) is 13.8. The highest BCUT2D eigenvalue weighted by molar-refractivity contribution is 5.78. The molecule has 2 aromatic carbocycles. The summed E-state index contributed by atoms with van der Waals surface area (Å²) >= 11 is 0. The van der Waals surface area contributed by atoms with Crippen molar-refractivity contribution in [3.05, 3.63) is 88.7 Å². The third-order valence-corrected chi connectivity index (χ3v) is 5.54. The molecule has 0 radical (unpaired) electrons. The fourth-order valence-electron chi connectivity index (χ4n) is 3.43. The SMILES string of the molecule is C=C(Nc1nc(-c2ccccc2C(F)(F)F)cc(C)c1C)c1cc(F)ccc1C.CCCCC. The number of rotatable bonds is 6. The number of benzene rings is 2. The van der Waals surface area contributed by atoms with Crippen molar-refractivity contribution >= 4 is 11.5 Å². The van der Waals surface area contributed by atoms with Crippen LogP contribution in [0, 0.1) is 26.6 Å². The Morgan fingerprint density at radius 3 is 2.18 bits per heavy atom. The highest BCUT2D eigenvalue weighted by Gasteiger charge is 2.33. The maximum absolute atomic E-state index is 13.6. The van der Waals surface area contributed by atoms with Gasteiger partial charge in [-0.1, -0.05) is 64.0 Å². The van der Waals surface area contributed by atoms with E-state index in [1.54, 1.807) is 25.1 Å². The molecule has 0 spiro atoms. The van der Waals surface area contributed by atoms with Gasteiger partial charge in [0.2, 0.25) is 0 Å². The molecule has 0 fully saturated rings. The summed E-state index contributed by atoms with van der Waals surface area (Å²) in [5.41, 5.74) is 2.80. The van der Waals surface area contributed by atoms with Crippen molar-refractivity contribution in [3.8, 4) is 11.3 Å². The first-order valence-electron chi connectivity index (χ1n) is 11.4. The summed E-state index contributed by atoms with van der Waals surface area (Å²) in [6, 6.07) is 11.3. The molecule has 1 heterocycles. The lowest BCUT2D eigenvalue weighted by Crippen LogP contribution is -2.09. The predicted octanol–water partition coefficient (Wildman–Crippen LogP) is 9.11. The molecule has 3 aromatic rings. The summed E-state index contributed by atoms with van der Waals surface area (Å²) in [5, 5.41) is 3.05. The molecule has 0 aliphatic heterocycles. The Bertz CT molecular complexity index is 1130. The van der Waals surface area contributed by atoms with Gasteiger partial charge in [0.05, 0.1) is 11.3 Å². The summed E-state index contributed by atoms with van der Waals surface area (Å²) in [7, 11) is 0. The Kier molecular flexibility index (Phi) is 9.42. The van der Waals surface area contributed by atoms with E-state index in [1.165, 1.54) is 43.5 Å². The van der Waals surface area contributed by atoms with Crippen molar-refractivity contribution in [1.29, 1.82) is 0 Å². The molecule has 2 nitrogen and oxygen atoms in total. The third kappa shape index (κ3) is 6.92. The average Bonchev–Trinajstić information content (AvgIpc) is 2.78. The van der Waals surface area contributed by atoms with Gasteiger partial charge in [-0.15, -0.1) is 0 Å². The molecule has 0 aliphatic rings. The monoisotopic (exact) mass is 472 g/mol. The van der Waals surface area contributed by atoms with Gasteiger partial charge in [0.25, 0.3) is 0 Å². The van der Waals surface area contributed by atoms with Crippen LogP contribution in [0.5, 0.6) is 0 Å². The molecular weight excluding hydrogens is 440 g/mol. The number of aryl methyl sites for hydroxylation is 2. The first-order valence-corrected chi connectivity index (χ1v) is 11.4. The number of anilines is 1. The Labute approximate surface area is 199 Å². The summed E-state index contributed by atoms with van der Waals surface area (Å²) in [4.78, 5) is 4.43. The van der Waals surface area contributed by atoms with Gasteiger partial charge in [-0.2, -0.15) is 13.2 Å². The number of alkyl halides is 3. The highest BCUT2D eigenvalue weighted by atomic mass is 19.4. The van der Waals surface area contributed by atoms with E-state index in [0.717, 1.165) is 22.8 Å². The number of hydrogen-bond donors (Lipinski definition) is 1. The Morgan fingerprint density at radius 2 is 1.59 bits per heavy atom. The van der Waals surface area contributed by atoms with Crippen LogP contribution in [0.2, 0.25) is 0 Å². The van der Waals surface area contributed by atoms with E-state index in [9.17, 15) is 17.6 Å². The quantitative estimate of drug-likeness (QED) is 0.362. The largest absolute Gasteiger partial charge is 0.417 e. The number of halogens is 4. The first kappa shape index (κ1) is 27.1. The average molecular weight is 473 g/mol. The van der Waals surface area contributed by atoms with Gasteiger partial charge in [0, 0.05) is 16.8 Å². The second-order valence-electron chi connectivity index (χ2n) is 8.26. The zero-order chi connectivity index (χ0) is 25.5. The van der Waals surface area contributed by atoms with E-state index in [-0.39, 0.29) is 11.3 Å². The maximum Gasteiger partial charge on any atom is 0.417 e. The van der Waals surface area contributed by atoms with Crippen molar-refractivity contribution in [3.63, 3.8) is 0 Å². The van der Waals surface area contributed by atoms with Gasteiger partial charge in [-0.05, 0) is 61.7 Å².